The van der Waals surface area contributed by atoms with Gasteiger partial charge in [-0.15, -0.1) is 35.3 Å². The highest BCUT2D eigenvalue weighted by molar-refractivity contribution is 14.0. The summed E-state index contributed by atoms with van der Waals surface area (Å²) in [5, 5.41) is 8.26. The van der Waals surface area contributed by atoms with E-state index >= 15 is 0 Å². The molecule has 0 spiro atoms. The molecular formula is C19H31F3IN5S. The second-order valence-electron chi connectivity index (χ2n) is 7.67. The first kappa shape index (κ1) is 24.6. The number of rotatable bonds is 7. The molecule has 10 heteroatoms. The smallest absolute Gasteiger partial charge is 0.357 e. The van der Waals surface area contributed by atoms with Crippen molar-refractivity contribution in [2.24, 2.45) is 10.9 Å². The SMILES string of the molecule is CCNC(=NCCc1nc(C(F)(F)F)cs1)NC1CCN(CC2CCCC2)C1.I. The van der Waals surface area contributed by atoms with Crippen molar-refractivity contribution in [3.05, 3.63) is 16.1 Å². The number of halogens is 4. The van der Waals surface area contributed by atoms with Crippen molar-refractivity contribution in [3.63, 3.8) is 0 Å². The van der Waals surface area contributed by atoms with Gasteiger partial charge in [-0.1, -0.05) is 12.8 Å². The van der Waals surface area contributed by atoms with Crippen LogP contribution in [0.3, 0.4) is 0 Å². The highest BCUT2D eigenvalue weighted by Gasteiger charge is 2.33. The highest BCUT2D eigenvalue weighted by Crippen LogP contribution is 2.30. The topological polar surface area (TPSA) is 52.6 Å². The van der Waals surface area contributed by atoms with Crippen molar-refractivity contribution < 1.29 is 13.2 Å². The van der Waals surface area contributed by atoms with E-state index < -0.39 is 11.9 Å². The van der Waals surface area contributed by atoms with Gasteiger partial charge >= 0.3 is 6.18 Å². The third kappa shape index (κ3) is 7.86. The van der Waals surface area contributed by atoms with Crippen molar-refractivity contribution in [1.29, 1.82) is 0 Å². The first-order chi connectivity index (χ1) is 13.4. The van der Waals surface area contributed by atoms with Crippen LogP contribution in [0.15, 0.2) is 10.4 Å². The Labute approximate surface area is 192 Å². The number of hydrogen-bond acceptors (Lipinski definition) is 4. The number of aromatic nitrogens is 1. The van der Waals surface area contributed by atoms with E-state index in [-0.39, 0.29) is 24.0 Å². The van der Waals surface area contributed by atoms with Crippen LogP contribution in [0.5, 0.6) is 0 Å². The molecule has 1 saturated heterocycles. The molecule has 0 aromatic carbocycles. The Morgan fingerprint density at radius 3 is 2.72 bits per heavy atom. The average Bonchev–Trinajstić information content (AvgIpc) is 3.37. The standard InChI is InChI=1S/C19H30F3N5S.HI/c1-2-23-18(24-9-7-17-26-16(13-28-17)19(20,21)22)25-15-8-10-27(12-15)11-14-5-3-4-6-14;/h13-15H,2-12H2,1H3,(H2,23,24,25);1H. The lowest BCUT2D eigenvalue weighted by atomic mass is 10.1. The molecule has 1 unspecified atom stereocenters. The van der Waals surface area contributed by atoms with Crippen LogP contribution in [0.2, 0.25) is 0 Å². The molecule has 2 fully saturated rings. The molecule has 1 atom stereocenters. The number of guanidine groups is 1. The Morgan fingerprint density at radius 1 is 1.31 bits per heavy atom. The van der Waals surface area contributed by atoms with Gasteiger partial charge in [-0.2, -0.15) is 13.2 Å². The molecule has 0 amide bonds. The van der Waals surface area contributed by atoms with Gasteiger partial charge in [-0.05, 0) is 32.1 Å². The molecule has 1 aromatic heterocycles. The minimum atomic E-state index is -4.37. The molecule has 1 aliphatic heterocycles. The summed E-state index contributed by atoms with van der Waals surface area (Å²) in [6, 6.07) is 0.371. The molecule has 5 nitrogen and oxygen atoms in total. The number of nitrogens with one attached hydrogen (secondary N) is 2. The molecule has 1 aromatic rings. The summed E-state index contributed by atoms with van der Waals surface area (Å²) in [4.78, 5) is 10.7. The normalized spacial score (nSPS) is 21.4. The quantitative estimate of drug-likeness (QED) is 0.307. The first-order valence-corrected chi connectivity index (χ1v) is 11.1. The van der Waals surface area contributed by atoms with Crippen LogP contribution in [0, 0.1) is 5.92 Å². The van der Waals surface area contributed by atoms with Crippen molar-refractivity contribution >= 4 is 41.3 Å². The summed E-state index contributed by atoms with van der Waals surface area (Å²) in [5.74, 6) is 1.60. The number of thiazole rings is 1. The molecule has 0 radical (unpaired) electrons. The lowest BCUT2D eigenvalue weighted by Gasteiger charge is -2.21. The van der Waals surface area contributed by atoms with Crippen molar-refractivity contribution in [2.45, 2.75) is 57.7 Å². The Kier molecular flexibility index (Phi) is 9.93. The number of likely N-dealkylation sites (tertiary alicyclic amines) is 1. The summed E-state index contributed by atoms with van der Waals surface area (Å²) in [6.07, 6.45) is 2.62. The molecule has 1 saturated carbocycles. The monoisotopic (exact) mass is 545 g/mol. The second kappa shape index (κ2) is 11.7. The summed E-state index contributed by atoms with van der Waals surface area (Å²) in [5.41, 5.74) is -0.810. The zero-order valence-electron chi connectivity index (χ0n) is 16.8. The molecule has 0 bridgehead atoms. The number of aliphatic imine (C=N–C) groups is 1. The van der Waals surface area contributed by atoms with Gasteiger partial charge in [-0.3, -0.25) is 4.99 Å². The lowest BCUT2D eigenvalue weighted by Crippen LogP contribution is -2.45. The maximum atomic E-state index is 12.6. The van der Waals surface area contributed by atoms with Crippen LogP contribution < -0.4 is 10.6 Å². The number of nitrogens with zero attached hydrogens (tertiary/aromatic N) is 3. The Morgan fingerprint density at radius 2 is 2.07 bits per heavy atom. The van der Waals surface area contributed by atoms with E-state index in [1.807, 2.05) is 6.92 Å². The van der Waals surface area contributed by atoms with E-state index in [2.05, 4.69) is 25.5 Å². The van der Waals surface area contributed by atoms with Crippen LogP contribution >= 0.6 is 35.3 Å². The van der Waals surface area contributed by atoms with E-state index in [0.717, 1.165) is 54.6 Å². The van der Waals surface area contributed by atoms with E-state index in [1.165, 1.54) is 32.2 Å². The average molecular weight is 545 g/mol. The molecule has 1 aliphatic carbocycles. The van der Waals surface area contributed by atoms with Gasteiger partial charge in [0.25, 0.3) is 0 Å². The molecule has 2 N–H and O–H groups in total. The van der Waals surface area contributed by atoms with Gasteiger partial charge in [0.15, 0.2) is 11.7 Å². The highest BCUT2D eigenvalue weighted by atomic mass is 127. The fraction of sp³-hybridized carbons (Fsp3) is 0.789. The molecule has 29 heavy (non-hydrogen) atoms. The second-order valence-corrected chi connectivity index (χ2v) is 8.62. The van der Waals surface area contributed by atoms with Crippen molar-refractivity contribution in [1.82, 2.24) is 20.5 Å². The van der Waals surface area contributed by atoms with E-state index in [1.54, 1.807) is 0 Å². The molecular weight excluding hydrogens is 514 g/mol. The van der Waals surface area contributed by atoms with Crippen LogP contribution in [-0.4, -0.2) is 54.6 Å². The Balaban J connectivity index is 0.00000300. The number of alkyl halides is 3. The maximum Gasteiger partial charge on any atom is 0.434 e. The van der Waals surface area contributed by atoms with Gasteiger partial charge in [-0.25, -0.2) is 4.98 Å². The summed E-state index contributed by atoms with van der Waals surface area (Å²) in [7, 11) is 0. The molecule has 2 heterocycles. The van der Waals surface area contributed by atoms with Crippen LogP contribution in [0.25, 0.3) is 0 Å². The Bertz CT molecular complexity index is 646. The van der Waals surface area contributed by atoms with Crippen molar-refractivity contribution in [3.8, 4) is 0 Å². The third-order valence-corrected chi connectivity index (χ3v) is 6.29. The number of hydrogen-bond donors (Lipinski definition) is 2. The predicted molar refractivity (Wildman–Crippen MR) is 122 cm³/mol. The predicted octanol–water partition coefficient (Wildman–Crippen LogP) is 4.14. The maximum absolute atomic E-state index is 12.6. The minimum Gasteiger partial charge on any atom is -0.357 e. The van der Waals surface area contributed by atoms with Crippen molar-refractivity contribution in [2.75, 3.05) is 32.7 Å². The van der Waals surface area contributed by atoms with E-state index in [4.69, 9.17) is 0 Å². The third-order valence-electron chi connectivity index (χ3n) is 5.39. The van der Waals surface area contributed by atoms with Gasteiger partial charge in [0, 0.05) is 50.6 Å². The molecule has 2 aliphatic rings. The largest absolute Gasteiger partial charge is 0.434 e. The zero-order valence-corrected chi connectivity index (χ0v) is 19.9. The zero-order chi connectivity index (χ0) is 20.0. The molecule has 166 valence electrons. The summed E-state index contributed by atoms with van der Waals surface area (Å²) < 4.78 is 37.9. The lowest BCUT2D eigenvalue weighted by molar-refractivity contribution is -0.140. The fourth-order valence-electron chi connectivity index (χ4n) is 4.01. The van der Waals surface area contributed by atoms with Gasteiger partial charge in [0.2, 0.25) is 0 Å². The molecule has 3 rings (SSSR count). The fourth-order valence-corrected chi connectivity index (χ4v) is 4.80. The van der Waals surface area contributed by atoms with Crippen LogP contribution in [-0.2, 0) is 12.6 Å². The first-order valence-electron chi connectivity index (χ1n) is 10.2. The van der Waals surface area contributed by atoms with Gasteiger partial charge in [0.05, 0.1) is 5.01 Å². The van der Waals surface area contributed by atoms with E-state index in [0.29, 0.717) is 24.0 Å². The summed E-state index contributed by atoms with van der Waals surface area (Å²) in [6.45, 7) is 6.53. The van der Waals surface area contributed by atoms with Gasteiger partial charge in [0.1, 0.15) is 0 Å². The van der Waals surface area contributed by atoms with Gasteiger partial charge < -0.3 is 15.5 Å². The van der Waals surface area contributed by atoms with Crippen LogP contribution in [0.4, 0.5) is 13.2 Å². The summed E-state index contributed by atoms with van der Waals surface area (Å²) >= 11 is 1.04. The Hall–Kier alpha value is -0.620. The minimum absolute atomic E-state index is 0. The van der Waals surface area contributed by atoms with E-state index in [9.17, 15) is 13.2 Å². The van der Waals surface area contributed by atoms with Crippen LogP contribution in [0.1, 0.15) is 49.7 Å².